The number of piperidine rings is 1. The molecule has 1 rings (SSSR count). The molecule has 0 spiro atoms. The van der Waals surface area contributed by atoms with Gasteiger partial charge in [-0.05, 0) is 66.1 Å². The number of unbranched alkanes of at least 4 members (excludes halogenated alkanes) is 3. The summed E-state index contributed by atoms with van der Waals surface area (Å²) in [6.45, 7) is 9.74. The molecule has 0 atom stereocenters. The number of nitrogens with zero attached hydrogens (tertiary/aromatic N) is 1. The van der Waals surface area contributed by atoms with Crippen molar-refractivity contribution in [2.75, 3.05) is 32.8 Å². The number of likely N-dealkylation sites (tertiary alicyclic amines) is 1. The monoisotopic (exact) mass is 326 g/mol. The molecule has 0 aromatic rings. The van der Waals surface area contributed by atoms with Gasteiger partial charge in [-0.15, -0.1) is 0 Å². The average molecular weight is 326 g/mol. The first-order valence-electron chi connectivity index (χ1n) is 9.10. The van der Waals surface area contributed by atoms with Gasteiger partial charge in [-0.3, -0.25) is 9.59 Å². The van der Waals surface area contributed by atoms with Crippen molar-refractivity contribution in [1.82, 2.24) is 10.2 Å². The minimum absolute atomic E-state index is 0.0213. The molecule has 1 saturated heterocycles. The molecule has 1 amide bonds. The smallest absolute Gasteiger partial charge is 0.246 e. The van der Waals surface area contributed by atoms with E-state index in [2.05, 4.69) is 10.2 Å². The SMILES string of the molecule is CC(=O)C1CCN(CCCCCCNC(=O)COC(C)C)CC1. The van der Waals surface area contributed by atoms with Crippen LogP contribution in [-0.4, -0.2) is 55.5 Å². The number of carbonyl (C=O) groups excluding carboxylic acids is 2. The van der Waals surface area contributed by atoms with Crippen molar-refractivity contribution in [2.45, 2.75) is 65.4 Å². The van der Waals surface area contributed by atoms with Gasteiger partial charge in [0.05, 0.1) is 6.10 Å². The van der Waals surface area contributed by atoms with Crippen molar-refractivity contribution in [3.8, 4) is 0 Å². The van der Waals surface area contributed by atoms with Crippen LogP contribution >= 0.6 is 0 Å². The standard InChI is InChI=1S/C18H34N2O3/c1-15(2)23-14-18(22)19-10-6-4-5-7-11-20-12-8-17(9-13-20)16(3)21/h15,17H,4-14H2,1-3H3,(H,19,22). The Bertz CT molecular complexity index is 350. The highest BCUT2D eigenvalue weighted by Crippen LogP contribution is 2.18. The summed E-state index contributed by atoms with van der Waals surface area (Å²) in [6, 6.07) is 0. The third kappa shape index (κ3) is 9.72. The number of rotatable bonds is 11. The van der Waals surface area contributed by atoms with E-state index >= 15 is 0 Å². The van der Waals surface area contributed by atoms with Gasteiger partial charge in [-0.1, -0.05) is 12.8 Å². The Morgan fingerprint density at radius 3 is 2.39 bits per heavy atom. The van der Waals surface area contributed by atoms with Crippen LogP contribution in [0.25, 0.3) is 0 Å². The molecule has 1 fully saturated rings. The highest BCUT2D eigenvalue weighted by atomic mass is 16.5. The Kier molecular flexibility index (Phi) is 10.1. The number of carbonyl (C=O) groups is 2. The molecule has 1 aliphatic heterocycles. The summed E-state index contributed by atoms with van der Waals surface area (Å²) in [6.07, 6.45) is 6.73. The fraction of sp³-hybridized carbons (Fsp3) is 0.889. The fourth-order valence-corrected chi connectivity index (χ4v) is 2.90. The van der Waals surface area contributed by atoms with Gasteiger partial charge in [0, 0.05) is 12.5 Å². The zero-order valence-electron chi connectivity index (χ0n) is 15.1. The highest BCUT2D eigenvalue weighted by molar-refractivity contribution is 5.78. The molecule has 0 radical (unpaired) electrons. The van der Waals surface area contributed by atoms with Crippen molar-refractivity contribution in [1.29, 1.82) is 0 Å². The van der Waals surface area contributed by atoms with Gasteiger partial charge in [0.2, 0.25) is 5.91 Å². The van der Waals surface area contributed by atoms with E-state index in [0.29, 0.717) is 11.7 Å². The minimum atomic E-state index is -0.0213. The molecule has 1 N–H and O–H groups in total. The van der Waals surface area contributed by atoms with E-state index in [9.17, 15) is 9.59 Å². The van der Waals surface area contributed by atoms with Gasteiger partial charge >= 0.3 is 0 Å². The first-order chi connectivity index (χ1) is 11.0. The van der Waals surface area contributed by atoms with Crippen LogP contribution in [0.4, 0.5) is 0 Å². The summed E-state index contributed by atoms with van der Waals surface area (Å²) in [5.41, 5.74) is 0. The van der Waals surface area contributed by atoms with Crippen LogP contribution < -0.4 is 5.32 Å². The Morgan fingerprint density at radius 2 is 1.78 bits per heavy atom. The van der Waals surface area contributed by atoms with Gasteiger partial charge in [-0.25, -0.2) is 0 Å². The number of ether oxygens (including phenoxy) is 1. The molecule has 0 unspecified atom stereocenters. The van der Waals surface area contributed by atoms with Crippen LogP contribution in [0, 0.1) is 5.92 Å². The predicted molar refractivity (Wildman–Crippen MR) is 92.4 cm³/mol. The van der Waals surface area contributed by atoms with Crippen LogP contribution in [0.1, 0.15) is 59.3 Å². The highest BCUT2D eigenvalue weighted by Gasteiger charge is 2.21. The first kappa shape index (κ1) is 20.1. The summed E-state index contributed by atoms with van der Waals surface area (Å²) < 4.78 is 5.25. The molecule has 0 bridgehead atoms. The maximum absolute atomic E-state index is 11.5. The van der Waals surface area contributed by atoms with Crippen molar-refractivity contribution in [3.05, 3.63) is 0 Å². The summed E-state index contributed by atoms with van der Waals surface area (Å²) >= 11 is 0. The number of hydrogen-bond donors (Lipinski definition) is 1. The van der Waals surface area contributed by atoms with Crippen molar-refractivity contribution >= 4 is 11.7 Å². The zero-order chi connectivity index (χ0) is 17.1. The van der Waals surface area contributed by atoms with Gasteiger partial charge in [-0.2, -0.15) is 0 Å². The van der Waals surface area contributed by atoms with Gasteiger partial charge in [0.15, 0.2) is 0 Å². The van der Waals surface area contributed by atoms with Crippen LogP contribution in [-0.2, 0) is 14.3 Å². The van der Waals surface area contributed by atoms with E-state index in [1.165, 1.54) is 12.8 Å². The van der Waals surface area contributed by atoms with Gasteiger partial charge in [0.25, 0.3) is 0 Å². The van der Waals surface area contributed by atoms with Crippen molar-refractivity contribution in [3.63, 3.8) is 0 Å². The zero-order valence-corrected chi connectivity index (χ0v) is 15.1. The van der Waals surface area contributed by atoms with Crippen LogP contribution in [0.15, 0.2) is 0 Å². The summed E-state index contributed by atoms with van der Waals surface area (Å²) in [5, 5.41) is 2.89. The van der Waals surface area contributed by atoms with Crippen LogP contribution in [0.2, 0.25) is 0 Å². The van der Waals surface area contributed by atoms with E-state index in [1.807, 2.05) is 13.8 Å². The molecule has 1 aliphatic rings. The van der Waals surface area contributed by atoms with E-state index < -0.39 is 0 Å². The number of amides is 1. The maximum atomic E-state index is 11.5. The average Bonchev–Trinajstić information content (AvgIpc) is 2.52. The molecule has 134 valence electrons. The number of ketones is 1. The molecular weight excluding hydrogens is 292 g/mol. The molecule has 23 heavy (non-hydrogen) atoms. The van der Waals surface area contributed by atoms with Crippen LogP contribution in [0.3, 0.4) is 0 Å². The van der Waals surface area contributed by atoms with E-state index in [0.717, 1.165) is 51.9 Å². The van der Waals surface area contributed by atoms with Crippen molar-refractivity contribution < 1.29 is 14.3 Å². The quantitative estimate of drug-likeness (QED) is 0.592. The summed E-state index contributed by atoms with van der Waals surface area (Å²) in [4.78, 5) is 25.3. The largest absolute Gasteiger partial charge is 0.369 e. The second kappa shape index (κ2) is 11.6. The Hall–Kier alpha value is -0.940. The number of hydrogen-bond acceptors (Lipinski definition) is 4. The predicted octanol–water partition coefficient (Wildman–Crippen LogP) is 2.39. The lowest BCUT2D eigenvalue weighted by Crippen LogP contribution is -2.36. The van der Waals surface area contributed by atoms with E-state index in [4.69, 9.17) is 4.74 Å². The van der Waals surface area contributed by atoms with E-state index in [-0.39, 0.29) is 18.6 Å². The van der Waals surface area contributed by atoms with E-state index in [1.54, 1.807) is 6.92 Å². The molecular formula is C18H34N2O3. The van der Waals surface area contributed by atoms with Gasteiger partial charge < -0.3 is 15.0 Å². The second-order valence-electron chi connectivity index (χ2n) is 6.85. The third-order valence-electron chi connectivity index (χ3n) is 4.43. The topological polar surface area (TPSA) is 58.6 Å². The number of Topliss-reactive ketones (excluding diaryl/α,β-unsaturated/α-hetero) is 1. The van der Waals surface area contributed by atoms with Crippen molar-refractivity contribution in [2.24, 2.45) is 5.92 Å². The molecule has 5 nitrogen and oxygen atoms in total. The minimum Gasteiger partial charge on any atom is -0.369 e. The molecule has 0 aliphatic carbocycles. The Morgan fingerprint density at radius 1 is 1.13 bits per heavy atom. The lowest BCUT2D eigenvalue weighted by Gasteiger charge is -2.30. The maximum Gasteiger partial charge on any atom is 0.246 e. The summed E-state index contributed by atoms with van der Waals surface area (Å²) in [5.74, 6) is 0.632. The third-order valence-corrected chi connectivity index (χ3v) is 4.43. The lowest BCUT2D eigenvalue weighted by molar-refractivity contribution is -0.127. The lowest BCUT2D eigenvalue weighted by atomic mass is 9.93. The van der Waals surface area contributed by atoms with Crippen LogP contribution in [0.5, 0.6) is 0 Å². The first-order valence-corrected chi connectivity index (χ1v) is 9.10. The molecule has 5 heteroatoms. The Balaban J connectivity index is 1.90. The van der Waals surface area contributed by atoms with Gasteiger partial charge in [0.1, 0.15) is 12.4 Å². The normalized spacial score (nSPS) is 16.7. The number of nitrogens with one attached hydrogen (secondary N) is 1. The molecule has 0 saturated carbocycles. The second-order valence-corrected chi connectivity index (χ2v) is 6.85. The Labute approximate surface area is 141 Å². The molecule has 0 aromatic carbocycles. The summed E-state index contributed by atoms with van der Waals surface area (Å²) in [7, 11) is 0. The molecule has 0 aromatic heterocycles. The molecule has 1 heterocycles. The fourth-order valence-electron chi connectivity index (χ4n) is 2.90.